The van der Waals surface area contributed by atoms with Crippen molar-refractivity contribution in [3.8, 4) is 0 Å². The molecule has 0 aliphatic carbocycles. The van der Waals surface area contributed by atoms with Gasteiger partial charge in [0.05, 0.1) is 23.5 Å². The van der Waals surface area contributed by atoms with Gasteiger partial charge in [-0.05, 0) is 60.7 Å². The summed E-state index contributed by atoms with van der Waals surface area (Å²) in [6.07, 6.45) is 5.83. The molecule has 0 saturated carbocycles. The van der Waals surface area contributed by atoms with Crippen LogP contribution in [-0.2, 0) is 0 Å². The van der Waals surface area contributed by atoms with Crippen LogP contribution in [0.25, 0.3) is 0 Å². The molecule has 1 saturated heterocycles. The van der Waals surface area contributed by atoms with Crippen LogP contribution < -0.4 is 5.32 Å². The molecule has 1 N–H and O–H groups in total. The lowest BCUT2D eigenvalue weighted by molar-refractivity contribution is 0.288. The molecule has 2 unspecified atom stereocenters. The molecule has 1 fully saturated rings. The first kappa shape index (κ1) is 16.4. The number of pyridine rings is 2. The zero-order chi connectivity index (χ0) is 17.1. The fraction of sp³-hybridized carbons (Fsp3) is 0.238. The molecule has 3 heterocycles. The van der Waals surface area contributed by atoms with Gasteiger partial charge in [0, 0.05) is 16.9 Å². The van der Waals surface area contributed by atoms with Crippen molar-refractivity contribution in [2.75, 3.05) is 0 Å². The van der Waals surface area contributed by atoms with Gasteiger partial charge in [0.25, 0.3) is 0 Å². The van der Waals surface area contributed by atoms with E-state index in [9.17, 15) is 0 Å². The Hall–Kier alpha value is -2.04. The number of nitrogens with one attached hydrogen (secondary N) is 1. The minimum absolute atomic E-state index is 0.232. The molecule has 0 radical (unpaired) electrons. The number of aromatic nitrogens is 2. The molecule has 126 valence electrons. The van der Waals surface area contributed by atoms with E-state index in [0.29, 0.717) is 5.92 Å². The second-order valence-corrected chi connectivity index (χ2v) is 7.42. The lowest BCUT2D eigenvalue weighted by Gasteiger charge is -2.36. The van der Waals surface area contributed by atoms with E-state index in [4.69, 9.17) is 0 Å². The summed E-state index contributed by atoms with van der Waals surface area (Å²) in [5.74, 6) is 0.480. The maximum atomic E-state index is 4.58. The SMILES string of the molecule is Brc1ccc(C2CC(c3ccccn3)NC(c3ccccn3)C2)cc1. The third kappa shape index (κ3) is 3.80. The van der Waals surface area contributed by atoms with Gasteiger partial charge in [-0.25, -0.2) is 0 Å². The largest absolute Gasteiger partial charge is 0.300 e. The van der Waals surface area contributed by atoms with E-state index in [0.717, 1.165) is 28.7 Å². The first-order chi connectivity index (χ1) is 12.3. The van der Waals surface area contributed by atoms with Crippen LogP contribution in [-0.4, -0.2) is 9.97 Å². The van der Waals surface area contributed by atoms with Gasteiger partial charge in [0.1, 0.15) is 0 Å². The summed E-state index contributed by atoms with van der Waals surface area (Å²) in [4.78, 5) is 9.16. The quantitative estimate of drug-likeness (QED) is 0.665. The molecule has 4 heteroatoms. The van der Waals surface area contributed by atoms with Gasteiger partial charge in [0.2, 0.25) is 0 Å². The smallest absolute Gasteiger partial charge is 0.0573 e. The first-order valence-electron chi connectivity index (χ1n) is 8.63. The van der Waals surface area contributed by atoms with E-state index in [1.54, 1.807) is 0 Å². The Morgan fingerprint density at radius 1 is 0.760 bits per heavy atom. The molecule has 1 aliphatic rings. The molecule has 0 spiro atoms. The molecular weight excluding hydrogens is 374 g/mol. The molecule has 25 heavy (non-hydrogen) atoms. The second kappa shape index (κ2) is 7.46. The van der Waals surface area contributed by atoms with Gasteiger partial charge >= 0.3 is 0 Å². The number of hydrogen-bond acceptors (Lipinski definition) is 3. The Labute approximate surface area is 156 Å². The summed E-state index contributed by atoms with van der Waals surface area (Å²) in [6, 6.07) is 21.4. The standard InChI is InChI=1S/C21H20BrN3/c22-17-9-7-15(8-10-17)16-13-20(18-5-1-3-11-23-18)25-21(14-16)19-6-2-4-12-24-19/h1-12,16,20-21,25H,13-14H2. The molecule has 1 aliphatic heterocycles. The predicted octanol–water partition coefficient (Wildman–Crippen LogP) is 5.19. The molecule has 3 aromatic rings. The number of rotatable bonds is 3. The Bertz CT molecular complexity index is 758. The Morgan fingerprint density at radius 2 is 1.32 bits per heavy atom. The lowest BCUT2D eigenvalue weighted by atomic mass is 9.81. The average Bonchev–Trinajstić information content (AvgIpc) is 2.69. The highest BCUT2D eigenvalue weighted by Crippen LogP contribution is 2.40. The summed E-state index contributed by atoms with van der Waals surface area (Å²) in [5, 5.41) is 3.76. The maximum absolute atomic E-state index is 4.58. The molecule has 0 bridgehead atoms. The third-order valence-electron chi connectivity index (χ3n) is 4.87. The molecule has 4 rings (SSSR count). The highest BCUT2D eigenvalue weighted by Gasteiger charge is 2.31. The molecule has 1 aromatic carbocycles. The number of hydrogen-bond donors (Lipinski definition) is 1. The zero-order valence-electron chi connectivity index (χ0n) is 13.8. The average molecular weight is 394 g/mol. The summed E-state index contributed by atoms with van der Waals surface area (Å²) >= 11 is 3.53. The van der Waals surface area contributed by atoms with Gasteiger partial charge < -0.3 is 5.32 Å². The van der Waals surface area contributed by atoms with Crippen molar-refractivity contribution in [2.45, 2.75) is 30.8 Å². The topological polar surface area (TPSA) is 37.8 Å². The number of nitrogens with zero attached hydrogens (tertiary/aromatic N) is 2. The molecule has 0 amide bonds. The lowest BCUT2D eigenvalue weighted by Crippen LogP contribution is -2.35. The van der Waals surface area contributed by atoms with Crippen molar-refractivity contribution in [1.82, 2.24) is 15.3 Å². The highest BCUT2D eigenvalue weighted by molar-refractivity contribution is 9.10. The van der Waals surface area contributed by atoms with Gasteiger partial charge in [-0.2, -0.15) is 0 Å². The summed E-state index contributed by atoms with van der Waals surface area (Å²) in [6.45, 7) is 0. The first-order valence-corrected chi connectivity index (χ1v) is 9.42. The van der Waals surface area contributed by atoms with Gasteiger partial charge in [-0.1, -0.05) is 40.2 Å². The third-order valence-corrected chi connectivity index (χ3v) is 5.40. The van der Waals surface area contributed by atoms with Crippen molar-refractivity contribution < 1.29 is 0 Å². The van der Waals surface area contributed by atoms with E-state index in [2.05, 4.69) is 79.7 Å². The van der Waals surface area contributed by atoms with Crippen LogP contribution in [0.15, 0.2) is 77.5 Å². The van der Waals surface area contributed by atoms with E-state index >= 15 is 0 Å². The molecule has 3 nitrogen and oxygen atoms in total. The van der Waals surface area contributed by atoms with E-state index in [-0.39, 0.29) is 12.1 Å². The zero-order valence-corrected chi connectivity index (χ0v) is 15.4. The number of piperidine rings is 1. The minimum atomic E-state index is 0.232. The fourth-order valence-corrected chi connectivity index (χ4v) is 3.89. The van der Waals surface area contributed by atoms with Crippen molar-refractivity contribution in [2.24, 2.45) is 0 Å². The van der Waals surface area contributed by atoms with Crippen LogP contribution in [0.4, 0.5) is 0 Å². The normalized spacial score (nSPS) is 23.3. The molecular formula is C21H20BrN3. The van der Waals surface area contributed by atoms with Gasteiger partial charge in [0.15, 0.2) is 0 Å². The van der Waals surface area contributed by atoms with Crippen molar-refractivity contribution in [1.29, 1.82) is 0 Å². The Morgan fingerprint density at radius 3 is 1.80 bits per heavy atom. The van der Waals surface area contributed by atoms with Gasteiger partial charge in [-0.15, -0.1) is 0 Å². The van der Waals surface area contributed by atoms with Crippen LogP contribution >= 0.6 is 15.9 Å². The van der Waals surface area contributed by atoms with Crippen LogP contribution in [0, 0.1) is 0 Å². The second-order valence-electron chi connectivity index (χ2n) is 6.50. The van der Waals surface area contributed by atoms with Gasteiger partial charge in [-0.3, -0.25) is 9.97 Å². The Kier molecular flexibility index (Phi) is 4.90. The van der Waals surface area contributed by atoms with Crippen molar-refractivity contribution in [3.05, 3.63) is 94.5 Å². The van der Waals surface area contributed by atoms with Crippen LogP contribution in [0.5, 0.6) is 0 Å². The molecule has 2 atom stereocenters. The monoisotopic (exact) mass is 393 g/mol. The van der Waals surface area contributed by atoms with Crippen LogP contribution in [0.2, 0.25) is 0 Å². The molecule has 2 aromatic heterocycles. The van der Waals surface area contributed by atoms with Crippen LogP contribution in [0.1, 0.15) is 47.8 Å². The number of halogens is 1. The van der Waals surface area contributed by atoms with E-state index in [1.807, 2.05) is 24.5 Å². The van der Waals surface area contributed by atoms with Crippen LogP contribution in [0.3, 0.4) is 0 Å². The summed E-state index contributed by atoms with van der Waals surface area (Å²) < 4.78 is 1.12. The highest BCUT2D eigenvalue weighted by atomic mass is 79.9. The predicted molar refractivity (Wildman–Crippen MR) is 103 cm³/mol. The van der Waals surface area contributed by atoms with Crippen molar-refractivity contribution in [3.63, 3.8) is 0 Å². The van der Waals surface area contributed by atoms with E-state index < -0.39 is 0 Å². The van der Waals surface area contributed by atoms with E-state index in [1.165, 1.54) is 5.56 Å². The summed E-state index contributed by atoms with van der Waals surface area (Å²) in [7, 11) is 0. The fourth-order valence-electron chi connectivity index (χ4n) is 3.63. The summed E-state index contributed by atoms with van der Waals surface area (Å²) in [5.41, 5.74) is 3.59. The van der Waals surface area contributed by atoms with Crippen molar-refractivity contribution >= 4 is 15.9 Å². The number of benzene rings is 1. The maximum Gasteiger partial charge on any atom is 0.0573 e. The minimum Gasteiger partial charge on any atom is -0.300 e. The Balaban J connectivity index is 1.66.